The first-order valence-electron chi connectivity index (χ1n) is 6.23. The predicted molar refractivity (Wildman–Crippen MR) is 70.5 cm³/mol. The van der Waals surface area contributed by atoms with E-state index in [1.807, 2.05) is 30.3 Å². The van der Waals surface area contributed by atoms with Gasteiger partial charge in [0.05, 0.1) is 6.61 Å². The highest BCUT2D eigenvalue weighted by Crippen LogP contribution is 2.08. The average Bonchev–Trinajstić information content (AvgIpc) is 2.37. The quantitative estimate of drug-likeness (QED) is 0.669. The van der Waals surface area contributed by atoms with Gasteiger partial charge in [-0.3, -0.25) is 0 Å². The zero-order valence-corrected chi connectivity index (χ0v) is 10.8. The van der Waals surface area contributed by atoms with Crippen molar-refractivity contribution in [2.75, 3.05) is 26.9 Å². The normalized spacial score (nSPS) is 12.4. The summed E-state index contributed by atoms with van der Waals surface area (Å²) in [6.45, 7) is 4.73. The lowest BCUT2D eigenvalue weighted by Gasteiger charge is -2.13. The lowest BCUT2D eigenvalue weighted by atomic mass is 10.2. The molecular weight excluding hydrogens is 214 g/mol. The Morgan fingerprint density at radius 3 is 2.65 bits per heavy atom. The van der Waals surface area contributed by atoms with Crippen LogP contribution in [0.3, 0.4) is 0 Å². The first-order chi connectivity index (χ1) is 8.33. The van der Waals surface area contributed by atoms with Crippen LogP contribution in [0, 0.1) is 0 Å². The van der Waals surface area contributed by atoms with Gasteiger partial charge in [-0.1, -0.05) is 18.2 Å². The van der Waals surface area contributed by atoms with E-state index in [0.29, 0.717) is 6.04 Å². The maximum absolute atomic E-state index is 5.60. The minimum atomic E-state index is 0.506. The summed E-state index contributed by atoms with van der Waals surface area (Å²) in [5.74, 6) is 0.944. The summed E-state index contributed by atoms with van der Waals surface area (Å²) < 4.78 is 10.6. The molecule has 0 bridgehead atoms. The van der Waals surface area contributed by atoms with Crippen LogP contribution in [-0.4, -0.2) is 32.9 Å². The molecule has 0 fully saturated rings. The maximum Gasteiger partial charge on any atom is 0.119 e. The van der Waals surface area contributed by atoms with Crippen LogP contribution < -0.4 is 10.1 Å². The second-order valence-electron chi connectivity index (χ2n) is 4.15. The fourth-order valence-electron chi connectivity index (χ4n) is 1.52. The van der Waals surface area contributed by atoms with Gasteiger partial charge in [-0.15, -0.1) is 0 Å². The van der Waals surface area contributed by atoms with Crippen LogP contribution in [0.5, 0.6) is 5.75 Å². The molecular formula is C14H23NO2. The molecule has 0 radical (unpaired) electrons. The molecule has 1 atom stereocenters. The minimum Gasteiger partial charge on any atom is -0.494 e. The molecule has 0 aromatic heterocycles. The standard InChI is InChI=1S/C14H23NO2/c1-13(9-12-16-2)15-10-6-11-17-14-7-4-3-5-8-14/h3-5,7-8,13,15H,6,9-12H2,1-2H3. The molecule has 3 heteroatoms. The second kappa shape index (κ2) is 9.02. The van der Waals surface area contributed by atoms with E-state index in [0.717, 1.165) is 38.3 Å². The Balaban J connectivity index is 1.97. The lowest BCUT2D eigenvalue weighted by molar-refractivity contribution is 0.184. The third-order valence-corrected chi connectivity index (χ3v) is 2.58. The topological polar surface area (TPSA) is 30.5 Å². The summed E-state index contributed by atoms with van der Waals surface area (Å²) in [6.07, 6.45) is 2.07. The van der Waals surface area contributed by atoms with Gasteiger partial charge < -0.3 is 14.8 Å². The summed E-state index contributed by atoms with van der Waals surface area (Å²) in [5, 5.41) is 3.44. The minimum absolute atomic E-state index is 0.506. The van der Waals surface area contributed by atoms with Gasteiger partial charge in [0.15, 0.2) is 0 Å². The van der Waals surface area contributed by atoms with Crippen molar-refractivity contribution in [1.82, 2.24) is 5.32 Å². The van der Waals surface area contributed by atoms with Gasteiger partial charge >= 0.3 is 0 Å². The number of para-hydroxylation sites is 1. The van der Waals surface area contributed by atoms with Crippen LogP contribution in [0.15, 0.2) is 30.3 Å². The third kappa shape index (κ3) is 6.97. The number of ether oxygens (including phenoxy) is 2. The molecule has 1 rings (SSSR count). The van der Waals surface area contributed by atoms with E-state index in [1.54, 1.807) is 7.11 Å². The smallest absolute Gasteiger partial charge is 0.119 e. The number of rotatable bonds is 9. The van der Waals surface area contributed by atoms with Gasteiger partial charge in [-0.05, 0) is 38.4 Å². The van der Waals surface area contributed by atoms with E-state index in [2.05, 4.69) is 12.2 Å². The van der Waals surface area contributed by atoms with E-state index in [1.165, 1.54) is 0 Å². The monoisotopic (exact) mass is 237 g/mol. The highest BCUT2D eigenvalue weighted by Gasteiger charge is 1.99. The Morgan fingerprint density at radius 2 is 1.94 bits per heavy atom. The van der Waals surface area contributed by atoms with Gasteiger partial charge in [-0.2, -0.15) is 0 Å². The van der Waals surface area contributed by atoms with E-state index >= 15 is 0 Å². The van der Waals surface area contributed by atoms with Crippen molar-refractivity contribution in [3.63, 3.8) is 0 Å². The van der Waals surface area contributed by atoms with Crippen LogP contribution in [0.2, 0.25) is 0 Å². The van der Waals surface area contributed by atoms with E-state index in [9.17, 15) is 0 Å². The highest BCUT2D eigenvalue weighted by atomic mass is 16.5. The van der Waals surface area contributed by atoms with E-state index in [-0.39, 0.29) is 0 Å². The second-order valence-corrected chi connectivity index (χ2v) is 4.15. The first kappa shape index (κ1) is 14.0. The van der Waals surface area contributed by atoms with Crippen molar-refractivity contribution in [3.05, 3.63) is 30.3 Å². The van der Waals surface area contributed by atoms with Crippen LogP contribution in [-0.2, 0) is 4.74 Å². The number of hydrogen-bond acceptors (Lipinski definition) is 3. The Bertz CT molecular complexity index is 277. The molecule has 1 aromatic carbocycles. The van der Waals surface area contributed by atoms with Crippen LogP contribution in [0.1, 0.15) is 19.8 Å². The van der Waals surface area contributed by atoms with Gasteiger partial charge in [0.25, 0.3) is 0 Å². The summed E-state index contributed by atoms with van der Waals surface area (Å²) in [6, 6.07) is 10.4. The molecule has 1 aromatic rings. The molecule has 96 valence electrons. The number of hydrogen-bond donors (Lipinski definition) is 1. The van der Waals surface area contributed by atoms with Crippen molar-refractivity contribution >= 4 is 0 Å². The lowest BCUT2D eigenvalue weighted by Crippen LogP contribution is -2.28. The number of nitrogens with one attached hydrogen (secondary N) is 1. The highest BCUT2D eigenvalue weighted by molar-refractivity contribution is 5.20. The molecule has 1 N–H and O–H groups in total. The molecule has 0 amide bonds. The molecule has 0 spiro atoms. The zero-order valence-electron chi connectivity index (χ0n) is 10.8. The zero-order chi connectivity index (χ0) is 12.3. The van der Waals surface area contributed by atoms with Crippen molar-refractivity contribution in [2.45, 2.75) is 25.8 Å². The molecule has 0 saturated heterocycles. The Hall–Kier alpha value is -1.06. The molecule has 17 heavy (non-hydrogen) atoms. The first-order valence-corrected chi connectivity index (χ1v) is 6.23. The Labute approximate surface area is 104 Å². The average molecular weight is 237 g/mol. The molecule has 1 unspecified atom stereocenters. The third-order valence-electron chi connectivity index (χ3n) is 2.58. The van der Waals surface area contributed by atoms with Crippen LogP contribution in [0.25, 0.3) is 0 Å². The summed E-state index contributed by atoms with van der Waals surface area (Å²) in [7, 11) is 1.74. The van der Waals surface area contributed by atoms with Gasteiger partial charge in [0, 0.05) is 19.8 Å². The van der Waals surface area contributed by atoms with E-state index < -0.39 is 0 Å². The van der Waals surface area contributed by atoms with Crippen LogP contribution in [0.4, 0.5) is 0 Å². The number of methoxy groups -OCH3 is 1. The van der Waals surface area contributed by atoms with Crippen molar-refractivity contribution in [2.24, 2.45) is 0 Å². The molecule has 0 heterocycles. The largest absolute Gasteiger partial charge is 0.494 e. The van der Waals surface area contributed by atoms with Gasteiger partial charge in [0.1, 0.15) is 5.75 Å². The number of benzene rings is 1. The Morgan fingerprint density at radius 1 is 1.18 bits per heavy atom. The summed E-state index contributed by atoms with van der Waals surface area (Å²) in [4.78, 5) is 0. The molecule has 0 aliphatic rings. The summed E-state index contributed by atoms with van der Waals surface area (Å²) in [5.41, 5.74) is 0. The SMILES string of the molecule is COCCC(C)NCCCOc1ccccc1. The van der Waals surface area contributed by atoms with Crippen molar-refractivity contribution < 1.29 is 9.47 Å². The molecule has 0 aliphatic heterocycles. The Kier molecular flexibility index (Phi) is 7.43. The van der Waals surface area contributed by atoms with E-state index in [4.69, 9.17) is 9.47 Å². The van der Waals surface area contributed by atoms with Gasteiger partial charge in [-0.25, -0.2) is 0 Å². The van der Waals surface area contributed by atoms with Crippen molar-refractivity contribution in [1.29, 1.82) is 0 Å². The molecule has 3 nitrogen and oxygen atoms in total. The fraction of sp³-hybridized carbons (Fsp3) is 0.571. The maximum atomic E-state index is 5.60. The van der Waals surface area contributed by atoms with Crippen molar-refractivity contribution in [3.8, 4) is 5.75 Å². The molecule has 0 aliphatic carbocycles. The van der Waals surface area contributed by atoms with Gasteiger partial charge in [0.2, 0.25) is 0 Å². The fourth-order valence-corrected chi connectivity index (χ4v) is 1.52. The summed E-state index contributed by atoms with van der Waals surface area (Å²) >= 11 is 0. The molecule has 0 saturated carbocycles. The predicted octanol–water partition coefficient (Wildman–Crippen LogP) is 2.47. The van der Waals surface area contributed by atoms with Crippen LogP contribution >= 0.6 is 0 Å².